The van der Waals surface area contributed by atoms with Crippen LogP contribution in [0.1, 0.15) is 24.8 Å². The van der Waals surface area contributed by atoms with Gasteiger partial charge < -0.3 is 10.5 Å². The van der Waals surface area contributed by atoms with Crippen molar-refractivity contribution in [3.8, 4) is 5.75 Å². The number of benzene rings is 1. The third-order valence-electron chi connectivity index (χ3n) is 4.82. The first kappa shape index (κ1) is 15.6. The maximum absolute atomic E-state index is 12.5. The molecule has 3 atom stereocenters. The summed E-state index contributed by atoms with van der Waals surface area (Å²) in [6.07, 6.45) is -1.26. The molecule has 1 aliphatic heterocycles. The van der Waals surface area contributed by atoms with Crippen LogP contribution in [0, 0.1) is 11.8 Å². The highest BCUT2D eigenvalue weighted by Crippen LogP contribution is 2.37. The van der Waals surface area contributed by atoms with Gasteiger partial charge in [0.1, 0.15) is 5.75 Å². The van der Waals surface area contributed by atoms with Gasteiger partial charge in [0.2, 0.25) is 0 Å². The molecule has 6 heteroatoms. The number of para-hydroxylation sites is 1. The number of ether oxygens (including phenoxy) is 1. The van der Waals surface area contributed by atoms with Gasteiger partial charge in [0, 0.05) is 31.2 Å². The minimum atomic E-state index is -4.66. The van der Waals surface area contributed by atoms with Crippen molar-refractivity contribution in [1.29, 1.82) is 0 Å². The number of hydrogen-bond acceptors (Lipinski definition) is 3. The number of halogens is 3. The van der Waals surface area contributed by atoms with Gasteiger partial charge >= 0.3 is 6.36 Å². The summed E-state index contributed by atoms with van der Waals surface area (Å²) in [5.74, 6) is 0.957. The zero-order chi connectivity index (χ0) is 15.7. The first-order valence-electron chi connectivity index (χ1n) is 7.74. The topological polar surface area (TPSA) is 38.5 Å². The van der Waals surface area contributed by atoms with Gasteiger partial charge in [-0.2, -0.15) is 0 Å². The maximum Gasteiger partial charge on any atom is 0.573 e. The van der Waals surface area contributed by atoms with Crippen LogP contribution >= 0.6 is 0 Å². The van der Waals surface area contributed by atoms with Crippen molar-refractivity contribution in [2.24, 2.45) is 17.6 Å². The molecular weight excluding hydrogens is 293 g/mol. The molecule has 1 aromatic carbocycles. The average molecular weight is 314 g/mol. The van der Waals surface area contributed by atoms with E-state index in [2.05, 4.69) is 9.64 Å². The fourth-order valence-electron chi connectivity index (χ4n) is 3.84. The standard InChI is InChI=1S/C16H21F3N2O/c17-16(18,19)22-15-7-2-1-4-12(15)9-21-8-11-5-3-6-14(20)13(11)10-21/h1-2,4,7,11,13-14H,3,5-6,8-10,20H2. The van der Waals surface area contributed by atoms with E-state index in [-0.39, 0.29) is 11.8 Å². The van der Waals surface area contributed by atoms with Crippen molar-refractivity contribution in [2.75, 3.05) is 13.1 Å². The van der Waals surface area contributed by atoms with E-state index in [1.54, 1.807) is 18.2 Å². The first-order chi connectivity index (χ1) is 10.4. The summed E-state index contributed by atoms with van der Waals surface area (Å²) in [4.78, 5) is 2.21. The molecule has 1 aromatic rings. The van der Waals surface area contributed by atoms with E-state index in [1.807, 2.05) is 0 Å². The zero-order valence-corrected chi connectivity index (χ0v) is 12.4. The van der Waals surface area contributed by atoms with Crippen LogP contribution in [0.15, 0.2) is 24.3 Å². The molecule has 1 saturated carbocycles. The van der Waals surface area contributed by atoms with Crippen molar-refractivity contribution < 1.29 is 17.9 Å². The summed E-state index contributed by atoms with van der Waals surface area (Å²) in [6, 6.07) is 6.60. The summed E-state index contributed by atoms with van der Waals surface area (Å²) in [7, 11) is 0. The van der Waals surface area contributed by atoms with E-state index >= 15 is 0 Å². The molecule has 3 rings (SSSR count). The van der Waals surface area contributed by atoms with Gasteiger partial charge in [0.05, 0.1) is 0 Å². The number of likely N-dealkylation sites (tertiary alicyclic amines) is 1. The van der Waals surface area contributed by atoms with Gasteiger partial charge in [-0.05, 0) is 30.7 Å². The van der Waals surface area contributed by atoms with Crippen LogP contribution < -0.4 is 10.5 Å². The predicted octanol–water partition coefficient (Wildman–Crippen LogP) is 3.14. The van der Waals surface area contributed by atoms with Crippen molar-refractivity contribution in [3.05, 3.63) is 29.8 Å². The highest BCUT2D eigenvalue weighted by molar-refractivity contribution is 5.33. The fraction of sp³-hybridized carbons (Fsp3) is 0.625. The second kappa shape index (κ2) is 6.08. The van der Waals surface area contributed by atoms with Gasteiger partial charge in [-0.1, -0.05) is 24.6 Å². The fourth-order valence-corrected chi connectivity index (χ4v) is 3.84. The lowest BCUT2D eigenvalue weighted by molar-refractivity contribution is -0.275. The molecule has 3 unspecified atom stereocenters. The summed E-state index contributed by atoms with van der Waals surface area (Å²) in [6.45, 7) is 2.26. The smallest absolute Gasteiger partial charge is 0.405 e. The summed E-state index contributed by atoms with van der Waals surface area (Å²) in [5, 5.41) is 0. The number of nitrogens with zero attached hydrogens (tertiary/aromatic N) is 1. The van der Waals surface area contributed by atoms with Crippen LogP contribution in [0.2, 0.25) is 0 Å². The highest BCUT2D eigenvalue weighted by Gasteiger charge is 2.39. The monoisotopic (exact) mass is 314 g/mol. The Balaban J connectivity index is 1.69. The van der Waals surface area contributed by atoms with E-state index < -0.39 is 6.36 Å². The molecule has 1 saturated heterocycles. The van der Waals surface area contributed by atoms with Gasteiger partial charge in [0.15, 0.2) is 0 Å². The minimum Gasteiger partial charge on any atom is -0.405 e. The largest absolute Gasteiger partial charge is 0.573 e. The Labute approximate surface area is 128 Å². The molecule has 0 spiro atoms. The number of fused-ring (bicyclic) bond motifs is 1. The molecule has 2 fully saturated rings. The third kappa shape index (κ3) is 3.55. The number of hydrogen-bond donors (Lipinski definition) is 1. The number of alkyl halides is 3. The van der Waals surface area contributed by atoms with Crippen LogP contribution in [0.4, 0.5) is 13.2 Å². The Kier molecular flexibility index (Phi) is 4.32. The molecule has 1 aliphatic carbocycles. The molecule has 2 aliphatic rings. The summed E-state index contributed by atoms with van der Waals surface area (Å²) < 4.78 is 41.6. The van der Waals surface area contributed by atoms with Crippen LogP contribution in [-0.2, 0) is 6.54 Å². The molecule has 0 bridgehead atoms. The Morgan fingerprint density at radius 2 is 1.95 bits per heavy atom. The zero-order valence-electron chi connectivity index (χ0n) is 12.4. The van der Waals surface area contributed by atoms with Crippen molar-refractivity contribution in [2.45, 2.75) is 38.2 Å². The van der Waals surface area contributed by atoms with Crippen LogP contribution in [-0.4, -0.2) is 30.4 Å². The molecular formula is C16H21F3N2O. The van der Waals surface area contributed by atoms with Crippen molar-refractivity contribution in [3.63, 3.8) is 0 Å². The lowest BCUT2D eigenvalue weighted by atomic mass is 9.78. The van der Waals surface area contributed by atoms with E-state index in [0.29, 0.717) is 23.9 Å². The lowest BCUT2D eigenvalue weighted by Crippen LogP contribution is -2.38. The molecule has 0 amide bonds. The molecule has 22 heavy (non-hydrogen) atoms. The number of nitrogens with two attached hydrogens (primary N) is 1. The van der Waals surface area contributed by atoms with E-state index in [4.69, 9.17) is 5.73 Å². The first-order valence-corrected chi connectivity index (χ1v) is 7.74. The molecule has 122 valence electrons. The maximum atomic E-state index is 12.5. The van der Waals surface area contributed by atoms with Gasteiger partial charge in [-0.3, -0.25) is 4.90 Å². The minimum absolute atomic E-state index is 0.103. The molecule has 2 N–H and O–H groups in total. The quantitative estimate of drug-likeness (QED) is 0.931. The van der Waals surface area contributed by atoms with E-state index in [0.717, 1.165) is 25.9 Å². The Hall–Kier alpha value is -1.27. The van der Waals surface area contributed by atoms with Crippen molar-refractivity contribution >= 4 is 0 Å². The molecule has 3 nitrogen and oxygen atoms in total. The number of rotatable bonds is 3. The molecule has 0 radical (unpaired) electrons. The lowest BCUT2D eigenvalue weighted by Gasteiger charge is -2.29. The Morgan fingerprint density at radius 1 is 1.18 bits per heavy atom. The summed E-state index contributed by atoms with van der Waals surface area (Å²) in [5.41, 5.74) is 6.76. The highest BCUT2D eigenvalue weighted by atomic mass is 19.4. The molecule has 0 aromatic heterocycles. The predicted molar refractivity (Wildman–Crippen MR) is 77.2 cm³/mol. The van der Waals surface area contributed by atoms with Crippen LogP contribution in [0.5, 0.6) is 5.75 Å². The average Bonchev–Trinajstić information content (AvgIpc) is 2.83. The summed E-state index contributed by atoms with van der Waals surface area (Å²) >= 11 is 0. The Bertz CT molecular complexity index is 520. The van der Waals surface area contributed by atoms with E-state index in [1.165, 1.54) is 12.5 Å². The molecule has 1 heterocycles. The van der Waals surface area contributed by atoms with Crippen molar-refractivity contribution in [1.82, 2.24) is 4.90 Å². The van der Waals surface area contributed by atoms with Crippen LogP contribution in [0.25, 0.3) is 0 Å². The van der Waals surface area contributed by atoms with Gasteiger partial charge in [-0.15, -0.1) is 13.2 Å². The van der Waals surface area contributed by atoms with Gasteiger partial charge in [0.25, 0.3) is 0 Å². The van der Waals surface area contributed by atoms with Crippen LogP contribution in [0.3, 0.4) is 0 Å². The van der Waals surface area contributed by atoms with E-state index in [9.17, 15) is 13.2 Å². The third-order valence-corrected chi connectivity index (χ3v) is 4.82. The second-order valence-electron chi connectivity index (χ2n) is 6.37. The van der Waals surface area contributed by atoms with Gasteiger partial charge in [-0.25, -0.2) is 0 Å². The normalized spacial score (nSPS) is 29.4. The SMILES string of the molecule is NC1CCCC2CN(Cc3ccccc3OC(F)(F)F)CC12. The second-order valence-corrected chi connectivity index (χ2v) is 6.37. The Morgan fingerprint density at radius 3 is 2.68 bits per heavy atom.